The maximum atomic E-state index is 4.14. The molecule has 11 heavy (non-hydrogen) atoms. The van der Waals surface area contributed by atoms with Gasteiger partial charge in [0, 0.05) is 13.1 Å². The van der Waals surface area contributed by atoms with Gasteiger partial charge in [-0.15, -0.1) is 12.4 Å². The number of halogens is 1. The van der Waals surface area contributed by atoms with Crippen molar-refractivity contribution in [2.45, 2.75) is 26.2 Å². The molecular weight excluding hydrogens is 160 g/mol. The van der Waals surface area contributed by atoms with Gasteiger partial charge in [0.25, 0.3) is 0 Å². The topological polar surface area (TPSA) is 15.6 Å². The third-order valence-electron chi connectivity index (χ3n) is 1.81. The van der Waals surface area contributed by atoms with Crippen LogP contribution in [0.5, 0.6) is 0 Å². The molecule has 0 amide bonds. The molecule has 0 saturated carbocycles. The van der Waals surface area contributed by atoms with Crippen molar-refractivity contribution >= 4 is 18.7 Å². The highest BCUT2D eigenvalue weighted by Crippen LogP contribution is 1.99. The summed E-state index contributed by atoms with van der Waals surface area (Å²) in [5.41, 5.74) is 0. The van der Waals surface area contributed by atoms with Gasteiger partial charge in [-0.25, -0.2) is 0 Å². The maximum Gasteiger partial charge on any atom is 0.0851 e. The lowest BCUT2D eigenvalue weighted by atomic mass is 10.2. The quantitative estimate of drug-likeness (QED) is 0.598. The fourth-order valence-electron chi connectivity index (χ4n) is 1.15. The zero-order valence-electron chi connectivity index (χ0n) is 7.12. The molecule has 0 aromatic carbocycles. The lowest BCUT2D eigenvalue weighted by Gasteiger charge is -2.12. The van der Waals surface area contributed by atoms with Crippen LogP contribution in [0.4, 0.5) is 0 Å². The van der Waals surface area contributed by atoms with E-state index < -0.39 is 0 Å². The lowest BCUT2D eigenvalue weighted by Crippen LogP contribution is -2.20. The first-order valence-corrected chi connectivity index (χ1v) is 4.17. The van der Waals surface area contributed by atoms with Crippen LogP contribution in [0.2, 0.25) is 0 Å². The Morgan fingerprint density at radius 3 is 2.82 bits per heavy atom. The third kappa shape index (κ3) is 4.25. The van der Waals surface area contributed by atoms with Gasteiger partial charge >= 0.3 is 0 Å². The first kappa shape index (κ1) is 10.8. The van der Waals surface area contributed by atoms with Gasteiger partial charge in [-0.1, -0.05) is 19.8 Å². The first-order valence-electron chi connectivity index (χ1n) is 4.17. The first-order chi connectivity index (χ1) is 4.93. The molecule has 1 aliphatic heterocycles. The molecule has 1 rings (SSSR count). The second kappa shape index (κ2) is 6.47. The Bertz CT molecular complexity index is 115. The van der Waals surface area contributed by atoms with Crippen LogP contribution in [-0.4, -0.2) is 30.9 Å². The largest absolute Gasteiger partial charge is 0.361 e. The highest BCUT2D eigenvalue weighted by molar-refractivity contribution is 5.85. The Morgan fingerprint density at radius 1 is 1.45 bits per heavy atom. The van der Waals surface area contributed by atoms with Crippen LogP contribution < -0.4 is 0 Å². The average molecular weight is 177 g/mol. The predicted molar refractivity (Wildman–Crippen MR) is 51.7 cm³/mol. The minimum atomic E-state index is 0. The summed E-state index contributed by atoms with van der Waals surface area (Å²) in [6.07, 6.45) is 5.97. The molecular formula is C8H17ClN2. The normalized spacial score (nSPS) is 15.2. The van der Waals surface area contributed by atoms with Crippen LogP contribution in [0.3, 0.4) is 0 Å². The summed E-state index contributed by atoms with van der Waals surface area (Å²) in [5, 5.41) is 0. The van der Waals surface area contributed by atoms with Crippen molar-refractivity contribution in [1.29, 1.82) is 0 Å². The SMILES string of the molecule is CCCCCN1C=NCC1.Cl. The van der Waals surface area contributed by atoms with E-state index in [-0.39, 0.29) is 12.4 Å². The van der Waals surface area contributed by atoms with Crippen LogP contribution in [0, 0.1) is 0 Å². The lowest BCUT2D eigenvalue weighted by molar-refractivity contribution is 0.446. The Balaban J connectivity index is 0.000001000. The molecule has 0 aromatic rings. The van der Waals surface area contributed by atoms with E-state index in [9.17, 15) is 0 Å². The maximum absolute atomic E-state index is 4.14. The summed E-state index contributed by atoms with van der Waals surface area (Å²) in [6, 6.07) is 0. The number of rotatable bonds is 4. The monoisotopic (exact) mass is 176 g/mol. The summed E-state index contributed by atoms with van der Waals surface area (Å²) >= 11 is 0. The van der Waals surface area contributed by atoms with Gasteiger partial charge < -0.3 is 4.90 Å². The number of hydrogen-bond donors (Lipinski definition) is 0. The van der Waals surface area contributed by atoms with Crippen LogP contribution in [0.1, 0.15) is 26.2 Å². The Kier molecular flexibility index (Phi) is 6.33. The van der Waals surface area contributed by atoms with Crippen LogP contribution in [0.15, 0.2) is 4.99 Å². The van der Waals surface area contributed by atoms with E-state index in [0.717, 1.165) is 13.1 Å². The van der Waals surface area contributed by atoms with E-state index in [0.29, 0.717) is 0 Å². The molecule has 0 atom stereocenters. The molecule has 0 aromatic heterocycles. The highest BCUT2D eigenvalue weighted by atomic mass is 35.5. The summed E-state index contributed by atoms with van der Waals surface area (Å²) in [5.74, 6) is 0. The summed E-state index contributed by atoms with van der Waals surface area (Å²) in [7, 11) is 0. The minimum absolute atomic E-state index is 0. The third-order valence-corrected chi connectivity index (χ3v) is 1.81. The predicted octanol–water partition coefficient (Wildman–Crippen LogP) is 1.94. The van der Waals surface area contributed by atoms with Crippen molar-refractivity contribution in [1.82, 2.24) is 4.90 Å². The average Bonchev–Trinajstić information content (AvgIpc) is 2.41. The van der Waals surface area contributed by atoms with Crippen LogP contribution in [0.25, 0.3) is 0 Å². The molecule has 0 unspecified atom stereocenters. The number of hydrogen-bond acceptors (Lipinski definition) is 2. The molecule has 0 spiro atoms. The Morgan fingerprint density at radius 2 is 2.27 bits per heavy atom. The van der Waals surface area contributed by atoms with Crippen molar-refractivity contribution in [2.75, 3.05) is 19.6 Å². The summed E-state index contributed by atoms with van der Waals surface area (Å²) < 4.78 is 0. The molecule has 1 aliphatic rings. The van der Waals surface area contributed by atoms with Crippen molar-refractivity contribution in [2.24, 2.45) is 4.99 Å². The highest BCUT2D eigenvalue weighted by Gasteiger charge is 2.02. The van der Waals surface area contributed by atoms with Gasteiger partial charge in [-0.3, -0.25) is 4.99 Å². The van der Waals surface area contributed by atoms with E-state index in [1.54, 1.807) is 0 Å². The molecule has 0 fully saturated rings. The zero-order valence-corrected chi connectivity index (χ0v) is 7.94. The van der Waals surface area contributed by atoms with Gasteiger partial charge in [0.1, 0.15) is 0 Å². The molecule has 0 aliphatic carbocycles. The Hall–Kier alpha value is -0.240. The van der Waals surface area contributed by atoms with Gasteiger partial charge in [0.15, 0.2) is 0 Å². The number of unbranched alkanes of at least 4 members (excludes halogenated alkanes) is 2. The standard InChI is InChI=1S/C8H16N2.ClH/c1-2-3-4-6-10-7-5-9-8-10;/h8H,2-7H2,1H3;1H. The fraction of sp³-hybridized carbons (Fsp3) is 0.875. The van der Waals surface area contributed by atoms with E-state index >= 15 is 0 Å². The van der Waals surface area contributed by atoms with Crippen molar-refractivity contribution < 1.29 is 0 Å². The second-order valence-corrected chi connectivity index (χ2v) is 2.76. The van der Waals surface area contributed by atoms with E-state index in [1.807, 2.05) is 6.34 Å². The van der Waals surface area contributed by atoms with Crippen LogP contribution >= 0.6 is 12.4 Å². The number of aliphatic imine (C=N–C) groups is 1. The molecule has 0 N–H and O–H groups in total. The molecule has 1 heterocycles. The molecule has 66 valence electrons. The fourth-order valence-corrected chi connectivity index (χ4v) is 1.15. The molecule has 0 radical (unpaired) electrons. The minimum Gasteiger partial charge on any atom is -0.361 e. The van der Waals surface area contributed by atoms with E-state index in [4.69, 9.17) is 0 Å². The molecule has 2 nitrogen and oxygen atoms in total. The van der Waals surface area contributed by atoms with Gasteiger partial charge in [-0.2, -0.15) is 0 Å². The number of nitrogens with zero attached hydrogens (tertiary/aromatic N) is 2. The Labute approximate surface area is 75.1 Å². The van der Waals surface area contributed by atoms with Gasteiger partial charge in [0.2, 0.25) is 0 Å². The van der Waals surface area contributed by atoms with Crippen LogP contribution in [-0.2, 0) is 0 Å². The van der Waals surface area contributed by atoms with E-state index in [2.05, 4.69) is 16.8 Å². The molecule has 0 bridgehead atoms. The smallest absolute Gasteiger partial charge is 0.0851 e. The summed E-state index contributed by atoms with van der Waals surface area (Å²) in [4.78, 5) is 6.45. The summed E-state index contributed by atoms with van der Waals surface area (Å²) in [6.45, 7) is 5.59. The zero-order chi connectivity index (χ0) is 7.23. The van der Waals surface area contributed by atoms with E-state index in [1.165, 1.54) is 25.8 Å². The molecule has 0 saturated heterocycles. The van der Waals surface area contributed by atoms with Gasteiger partial charge in [-0.05, 0) is 6.42 Å². The van der Waals surface area contributed by atoms with Crippen molar-refractivity contribution in [3.8, 4) is 0 Å². The van der Waals surface area contributed by atoms with Crippen molar-refractivity contribution in [3.63, 3.8) is 0 Å². The second-order valence-electron chi connectivity index (χ2n) is 2.76. The van der Waals surface area contributed by atoms with Gasteiger partial charge in [0.05, 0.1) is 12.9 Å². The molecule has 3 heteroatoms. The van der Waals surface area contributed by atoms with Crippen molar-refractivity contribution in [3.05, 3.63) is 0 Å².